The SMILES string of the molecule is Cc1ccc(NS(=O)(=O)c2ccc(NC(=O)COc3ccc(Br)cc3C)cc2)cc1C. The number of rotatable bonds is 7. The van der Waals surface area contributed by atoms with Crippen LogP contribution in [0.1, 0.15) is 16.7 Å². The Labute approximate surface area is 190 Å². The summed E-state index contributed by atoms with van der Waals surface area (Å²) in [6, 6.07) is 16.9. The quantitative estimate of drug-likeness (QED) is 0.465. The van der Waals surface area contributed by atoms with Crippen molar-refractivity contribution in [2.45, 2.75) is 25.7 Å². The van der Waals surface area contributed by atoms with Crippen LogP contribution in [0.2, 0.25) is 0 Å². The second kappa shape index (κ2) is 9.53. The summed E-state index contributed by atoms with van der Waals surface area (Å²) in [5.41, 5.74) is 3.97. The predicted octanol–water partition coefficient (Wildman–Crippen LogP) is 5.19. The predicted molar refractivity (Wildman–Crippen MR) is 126 cm³/mol. The lowest BCUT2D eigenvalue weighted by Crippen LogP contribution is -2.20. The molecule has 0 aliphatic rings. The molecule has 2 N–H and O–H groups in total. The fourth-order valence-corrected chi connectivity index (χ4v) is 4.38. The third-order valence-corrected chi connectivity index (χ3v) is 6.59. The minimum absolute atomic E-state index is 0.102. The van der Waals surface area contributed by atoms with Crippen molar-refractivity contribution >= 4 is 43.2 Å². The molecule has 0 saturated heterocycles. The number of carbonyl (C=O) groups is 1. The molecule has 3 aromatic carbocycles. The van der Waals surface area contributed by atoms with Crippen molar-refractivity contribution < 1.29 is 17.9 Å². The molecule has 0 fully saturated rings. The second-order valence-corrected chi connectivity index (χ2v) is 9.77. The van der Waals surface area contributed by atoms with Gasteiger partial charge in [0.1, 0.15) is 5.75 Å². The van der Waals surface area contributed by atoms with E-state index in [1.807, 2.05) is 39.0 Å². The van der Waals surface area contributed by atoms with Crippen molar-refractivity contribution in [3.8, 4) is 5.75 Å². The molecular weight excluding hydrogens is 480 g/mol. The first-order valence-electron chi connectivity index (χ1n) is 9.53. The summed E-state index contributed by atoms with van der Waals surface area (Å²) in [5.74, 6) is 0.281. The molecule has 0 bridgehead atoms. The molecule has 0 heterocycles. The summed E-state index contributed by atoms with van der Waals surface area (Å²) < 4.78 is 34.3. The molecule has 0 aliphatic heterocycles. The number of hydrogen-bond acceptors (Lipinski definition) is 4. The normalized spacial score (nSPS) is 11.1. The van der Waals surface area contributed by atoms with Crippen LogP contribution >= 0.6 is 15.9 Å². The van der Waals surface area contributed by atoms with Crippen LogP contribution in [-0.4, -0.2) is 20.9 Å². The number of halogens is 1. The van der Waals surface area contributed by atoms with Gasteiger partial charge in [0.2, 0.25) is 0 Å². The number of anilines is 2. The molecule has 0 spiro atoms. The molecule has 0 radical (unpaired) electrons. The Kier molecular flexibility index (Phi) is 7.02. The Morgan fingerprint density at radius 3 is 2.19 bits per heavy atom. The van der Waals surface area contributed by atoms with Crippen molar-refractivity contribution in [2.24, 2.45) is 0 Å². The highest BCUT2D eigenvalue weighted by Gasteiger charge is 2.15. The van der Waals surface area contributed by atoms with E-state index in [0.29, 0.717) is 17.1 Å². The van der Waals surface area contributed by atoms with E-state index in [2.05, 4.69) is 26.0 Å². The Morgan fingerprint density at radius 1 is 0.871 bits per heavy atom. The number of aryl methyl sites for hydroxylation is 3. The molecule has 8 heteroatoms. The number of ether oxygens (including phenoxy) is 1. The Hall–Kier alpha value is -2.84. The van der Waals surface area contributed by atoms with E-state index >= 15 is 0 Å². The number of amides is 1. The van der Waals surface area contributed by atoms with E-state index in [4.69, 9.17) is 4.74 Å². The van der Waals surface area contributed by atoms with Gasteiger partial charge in [-0.3, -0.25) is 9.52 Å². The maximum absolute atomic E-state index is 12.6. The van der Waals surface area contributed by atoms with Crippen LogP contribution in [-0.2, 0) is 14.8 Å². The largest absolute Gasteiger partial charge is 0.483 e. The summed E-state index contributed by atoms with van der Waals surface area (Å²) >= 11 is 3.38. The van der Waals surface area contributed by atoms with Crippen LogP contribution in [0.3, 0.4) is 0 Å². The van der Waals surface area contributed by atoms with E-state index in [-0.39, 0.29) is 17.4 Å². The third kappa shape index (κ3) is 6.08. The Bertz CT molecular complexity index is 1210. The first-order chi connectivity index (χ1) is 14.6. The molecule has 31 heavy (non-hydrogen) atoms. The maximum Gasteiger partial charge on any atom is 0.262 e. The highest BCUT2D eigenvalue weighted by molar-refractivity contribution is 9.10. The second-order valence-electron chi connectivity index (χ2n) is 7.18. The molecule has 0 aromatic heterocycles. The van der Waals surface area contributed by atoms with Gasteiger partial charge in [0, 0.05) is 15.8 Å². The number of sulfonamides is 1. The molecule has 0 aliphatic carbocycles. The molecule has 6 nitrogen and oxygen atoms in total. The van der Waals surface area contributed by atoms with E-state index in [1.54, 1.807) is 18.2 Å². The third-order valence-electron chi connectivity index (χ3n) is 4.70. The molecule has 3 aromatic rings. The van der Waals surface area contributed by atoms with Crippen molar-refractivity contribution in [3.63, 3.8) is 0 Å². The fraction of sp³-hybridized carbons (Fsp3) is 0.174. The van der Waals surface area contributed by atoms with Gasteiger partial charge in [-0.15, -0.1) is 0 Å². The van der Waals surface area contributed by atoms with Gasteiger partial charge >= 0.3 is 0 Å². The molecule has 3 rings (SSSR count). The highest BCUT2D eigenvalue weighted by atomic mass is 79.9. The zero-order valence-electron chi connectivity index (χ0n) is 17.4. The van der Waals surface area contributed by atoms with Gasteiger partial charge in [0.05, 0.1) is 4.90 Å². The monoisotopic (exact) mass is 502 g/mol. The van der Waals surface area contributed by atoms with E-state index in [1.165, 1.54) is 24.3 Å². The van der Waals surface area contributed by atoms with Gasteiger partial charge in [-0.1, -0.05) is 22.0 Å². The van der Waals surface area contributed by atoms with Crippen LogP contribution in [0.15, 0.2) is 70.0 Å². The standard InChI is InChI=1S/C23H23BrN2O4S/c1-15-4-6-20(13-16(15)2)26-31(28,29)21-9-7-19(8-10-21)25-23(27)14-30-22-11-5-18(24)12-17(22)3/h4-13,26H,14H2,1-3H3,(H,25,27). The Morgan fingerprint density at radius 2 is 1.55 bits per heavy atom. The van der Waals surface area contributed by atoms with Crippen LogP contribution in [0.4, 0.5) is 11.4 Å². The first kappa shape index (κ1) is 22.8. The van der Waals surface area contributed by atoms with Crippen molar-refractivity contribution in [1.82, 2.24) is 0 Å². The molecule has 0 saturated carbocycles. The van der Waals surface area contributed by atoms with Crippen LogP contribution in [0.5, 0.6) is 5.75 Å². The van der Waals surface area contributed by atoms with Gasteiger partial charge in [0.25, 0.3) is 15.9 Å². The molecular formula is C23H23BrN2O4S. The minimum Gasteiger partial charge on any atom is -0.483 e. The topological polar surface area (TPSA) is 84.5 Å². The minimum atomic E-state index is -3.73. The summed E-state index contributed by atoms with van der Waals surface area (Å²) in [6.45, 7) is 5.62. The number of hydrogen-bond donors (Lipinski definition) is 2. The number of carbonyl (C=O) groups excluding carboxylic acids is 1. The van der Waals surface area contributed by atoms with Gasteiger partial charge in [-0.2, -0.15) is 0 Å². The maximum atomic E-state index is 12.6. The van der Waals surface area contributed by atoms with Gasteiger partial charge in [-0.25, -0.2) is 8.42 Å². The van der Waals surface area contributed by atoms with Crippen molar-refractivity contribution in [3.05, 3.63) is 81.8 Å². The lowest BCUT2D eigenvalue weighted by atomic mass is 10.1. The average molecular weight is 503 g/mol. The summed E-state index contributed by atoms with van der Waals surface area (Å²) in [7, 11) is -3.73. The average Bonchev–Trinajstić information content (AvgIpc) is 2.70. The lowest BCUT2D eigenvalue weighted by molar-refractivity contribution is -0.118. The molecule has 1 amide bonds. The molecule has 0 unspecified atom stereocenters. The van der Waals surface area contributed by atoms with E-state index in [0.717, 1.165) is 21.2 Å². The smallest absolute Gasteiger partial charge is 0.262 e. The van der Waals surface area contributed by atoms with E-state index < -0.39 is 10.0 Å². The molecule has 0 atom stereocenters. The zero-order valence-corrected chi connectivity index (χ0v) is 19.8. The van der Waals surface area contributed by atoms with E-state index in [9.17, 15) is 13.2 Å². The fourth-order valence-electron chi connectivity index (χ4n) is 2.85. The van der Waals surface area contributed by atoms with Gasteiger partial charge < -0.3 is 10.1 Å². The van der Waals surface area contributed by atoms with Crippen LogP contribution in [0.25, 0.3) is 0 Å². The lowest BCUT2D eigenvalue weighted by Gasteiger charge is -2.12. The van der Waals surface area contributed by atoms with Crippen LogP contribution in [0, 0.1) is 20.8 Å². The zero-order chi connectivity index (χ0) is 22.6. The van der Waals surface area contributed by atoms with Gasteiger partial charge in [0.15, 0.2) is 6.61 Å². The first-order valence-corrected chi connectivity index (χ1v) is 11.8. The number of nitrogens with one attached hydrogen (secondary N) is 2. The highest BCUT2D eigenvalue weighted by Crippen LogP contribution is 2.23. The summed E-state index contributed by atoms with van der Waals surface area (Å²) in [6.07, 6.45) is 0. The van der Waals surface area contributed by atoms with Crippen LogP contribution < -0.4 is 14.8 Å². The molecule has 162 valence electrons. The van der Waals surface area contributed by atoms with Crippen molar-refractivity contribution in [1.29, 1.82) is 0 Å². The summed E-state index contributed by atoms with van der Waals surface area (Å²) in [5, 5.41) is 2.70. The number of benzene rings is 3. The summed E-state index contributed by atoms with van der Waals surface area (Å²) in [4.78, 5) is 12.3. The Balaban J connectivity index is 1.61. The van der Waals surface area contributed by atoms with Crippen molar-refractivity contribution in [2.75, 3.05) is 16.6 Å². The van der Waals surface area contributed by atoms with Gasteiger partial charge in [-0.05, 0) is 92.1 Å².